The van der Waals surface area contributed by atoms with Crippen LogP contribution in [0.3, 0.4) is 0 Å². The Morgan fingerprint density at radius 3 is 2.25 bits per heavy atom. The van der Waals surface area contributed by atoms with Gasteiger partial charge in [0, 0.05) is 5.75 Å². The van der Waals surface area contributed by atoms with Gasteiger partial charge in [0.1, 0.15) is 0 Å². The molecule has 0 aromatic carbocycles. The summed E-state index contributed by atoms with van der Waals surface area (Å²) in [5.74, 6) is 0.778. The van der Waals surface area contributed by atoms with Gasteiger partial charge in [-0.25, -0.2) is 0 Å². The standard InChI is InChI=1S/C3H6S/c1-2-3-4/h2,4H,1,3H2. The van der Waals surface area contributed by atoms with Crippen LogP contribution in [0.1, 0.15) is 0 Å². The Morgan fingerprint density at radius 2 is 2.25 bits per heavy atom. The molecule has 0 nitrogen and oxygen atoms in total. The van der Waals surface area contributed by atoms with Gasteiger partial charge in [0.05, 0.1) is 0 Å². The van der Waals surface area contributed by atoms with E-state index in [0.717, 1.165) is 5.75 Å². The highest BCUT2D eigenvalue weighted by atomic mass is 32.1. The molecule has 0 aliphatic rings. The second kappa shape index (κ2) is 3.09. The molecule has 0 spiro atoms. The Morgan fingerprint density at radius 1 is 2.00 bits per heavy atom. The van der Waals surface area contributed by atoms with Crippen molar-refractivity contribution in [3.05, 3.63) is 12.7 Å². The Kier molecular flexibility index (Phi) is 3.16. The molecule has 0 bridgehead atoms. The van der Waals surface area contributed by atoms with Crippen LogP contribution in [-0.2, 0) is 0 Å². The molecule has 0 unspecified atom stereocenters. The van der Waals surface area contributed by atoms with Crippen LogP contribution in [-0.4, -0.2) is 5.75 Å². The van der Waals surface area contributed by atoms with Crippen LogP contribution < -0.4 is 0 Å². The van der Waals surface area contributed by atoms with Gasteiger partial charge in [-0.15, -0.1) is 6.58 Å². The van der Waals surface area contributed by atoms with Crippen molar-refractivity contribution < 1.29 is 0 Å². The third-order valence-corrected chi connectivity index (χ3v) is 0.387. The van der Waals surface area contributed by atoms with Crippen molar-refractivity contribution in [2.45, 2.75) is 0 Å². The summed E-state index contributed by atoms with van der Waals surface area (Å²) in [6, 6.07) is 0. The van der Waals surface area contributed by atoms with Gasteiger partial charge in [0.15, 0.2) is 0 Å². The zero-order chi connectivity index (χ0) is 3.41. The summed E-state index contributed by atoms with van der Waals surface area (Å²) in [5.41, 5.74) is 0. The third-order valence-electron chi connectivity index (χ3n) is 0.129. The van der Waals surface area contributed by atoms with E-state index in [1.807, 2.05) is 0 Å². The SMILES string of the molecule is C=CCS. The predicted molar refractivity (Wildman–Crippen MR) is 24.0 cm³/mol. The van der Waals surface area contributed by atoms with E-state index < -0.39 is 0 Å². The van der Waals surface area contributed by atoms with Crippen molar-refractivity contribution in [2.24, 2.45) is 0 Å². The van der Waals surface area contributed by atoms with Gasteiger partial charge in [-0.05, 0) is 0 Å². The van der Waals surface area contributed by atoms with Crippen molar-refractivity contribution >= 4 is 12.6 Å². The maximum Gasteiger partial charge on any atom is 0.00799 e. The molecule has 0 aliphatic carbocycles. The number of thiol groups is 1. The lowest BCUT2D eigenvalue weighted by Crippen LogP contribution is -1.45. The number of rotatable bonds is 1. The highest BCUT2D eigenvalue weighted by Crippen LogP contribution is 1.65. The Balaban J connectivity index is 2.30. The van der Waals surface area contributed by atoms with E-state index in [1.165, 1.54) is 0 Å². The molecule has 24 valence electrons. The quantitative estimate of drug-likeness (QED) is 0.349. The minimum atomic E-state index is 0.778. The lowest BCUT2D eigenvalue weighted by Gasteiger charge is -1.57. The summed E-state index contributed by atoms with van der Waals surface area (Å²) >= 11 is 3.80. The first-order chi connectivity index (χ1) is 1.91. The molecule has 0 aromatic heterocycles. The van der Waals surface area contributed by atoms with Gasteiger partial charge < -0.3 is 0 Å². The van der Waals surface area contributed by atoms with Gasteiger partial charge in [-0.3, -0.25) is 0 Å². The third kappa shape index (κ3) is 2.09. The predicted octanol–water partition coefficient (Wildman–Crippen LogP) is 1.10. The fourth-order valence-corrected chi connectivity index (χ4v) is 0. The summed E-state index contributed by atoms with van der Waals surface area (Å²) in [5, 5.41) is 0. The normalized spacial score (nSPS) is 6.25. The van der Waals surface area contributed by atoms with Crippen LogP contribution in [0.5, 0.6) is 0 Å². The van der Waals surface area contributed by atoms with E-state index in [9.17, 15) is 0 Å². The van der Waals surface area contributed by atoms with Crippen molar-refractivity contribution in [3.63, 3.8) is 0 Å². The van der Waals surface area contributed by atoms with Crippen LogP contribution in [0.25, 0.3) is 0 Å². The minimum absolute atomic E-state index is 0.778. The summed E-state index contributed by atoms with van der Waals surface area (Å²) in [7, 11) is 0. The average Bonchev–Trinajstić information content (AvgIpc) is 1.37. The second-order valence-electron chi connectivity index (χ2n) is 0.471. The molecular formula is C3H6S. The van der Waals surface area contributed by atoms with E-state index in [4.69, 9.17) is 0 Å². The minimum Gasteiger partial charge on any atom is -0.175 e. The summed E-state index contributed by atoms with van der Waals surface area (Å²) in [6.07, 6.45) is 1.74. The van der Waals surface area contributed by atoms with Gasteiger partial charge in [-0.1, -0.05) is 6.08 Å². The molecule has 0 atom stereocenters. The van der Waals surface area contributed by atoms with Crippen molar-refractivity contribution in [2.75, 3.05) is 5.75 Å². The lowest BCUT2D eigenvalue weighted by molar-refractivity contribution is 1.85. The molecular weight excluding hydrogens is 68.1 g/mol. The van der Waals surface area contributed by atoms with E-state index >= 15 is 0 Å². The molecule has 0 saturated heterocycles. The van der Waals surface area contributed by atoms with Crippen molar-refractivity contribution in [1.82, 2.24) is 0 Å². The molecule has 0 aliphatic heterocycles. The summed E-state index contributed by atoms with van der Waals surface area (Å²) in [6.45, 7) is 3.40. The first kappa shape index (κ1) is 4.09. The van der Waals surface area contributed by atoms with Crippen LogP contribution in [0.4, 0.5) is 0 Å². The van der Waals surface area contributed by atoms with Crippen LogP contribution in [0, 0.1) is 0 Å². The van der Waals surface area contributed by atoms with Gasteiger partial charge in [0.2, 0.25) is 0 Å². The summed E-state index contributed by atoms with van der Waals surface area (Å²) in [4.78, 5) is 0. The van der Waals surface area contributed by atoms with E-state index in [1.54, 1.807) is 6.08 Å². The van der Waals surface area contributed by atoms with Gasteiger partial charge in [0.25, 0.3) is 0 Å². The first-order valence-corrected chi connectivity index (χ1v) is 1.77. The molecule has 4 heavy (non-hydrogen) atoms. The molecule has 0 amide bonds. The zero-order valence-electron chi connectivity index (χ0n) is 2.44. The fourth-order valence-electron chi connectivity index (χ4n) is 0. The lowest BCUT2D eigenvalue weighted by atomic mass is 10.8. The Hall–Kier alpha value is 0.0900. The van der Waals surface area contributed by atoms with E-state index in [-0.39, 0.29) is 0 Å². The van der Waals surface area contributed by atoms with Crippen molar-refractivity contribution in [3.8, 4) is 0 Å². The fraction of sp³-hybridized carbons (Fsp3) is 0.333. The molecule has 0 saturated carbocycles. The smallest absolute Gasteiger partial charge is 0.00799 e. The zero-order valence-corrected chi connectivity index (χ0v) is 3.33. The molecule has 0 aromatic rings. The molecule has 1 heteroatoms. The maximum atomic E-state index is 3.80. The first-order valence-electron chi connectivity index (χ1n) is 1.13. The number of hydrogen-bond donors (Lipinski definition) is 1. The maximum absolute atomic E-state index is 3.80. The monoisotopic (exact) mass is 74.0 g/mol. The molecule has 0 fully saturated rings. The van der Waals surface area contributed by atoms with Crippen molar-refractivity contribution in [1.29, 1.82) is 0 Å². The van der Waals surface area contributed by atoms with Gasteiger partial charge >= 0.3 is 0 Å². The molecule has 0 rings (SSSR count). The largest absolute Gasteiger partial charge is 0.175 e. The Labute approximate surface area is 31.9 Å². The van der Waals surface area contributed by atoms with Gasteiger partial charge in [-0.2, -0.15) is 12.6 Å². The summed E-state index contributed by atoms with van der Waals surface area (Å²) < 4.78 is 0. The van der Waals surface area contributed by atoms with E-state index in [0.29, 0.717) is 0 Å². The van der Waals surface area contributed by atoms with Crippen LogP contribution >= 0.6 is 12.6 Å². The Bertz CT molecular complexity index is 17.2. The average molecular weight is 74.1 g/mol. The molecule has 0 heterocycles. The topological polar surface area (TPSA) is 0 Å². The van der Waals surface area contributed by atoms with E-state index in [2.05, 4.69) is 19.2 Å². The highest BCUT2D eigenvalue weighted by molar-refractivity contribution is 7.80. The highest BCUT2D eigenvalue weighted by Gasteiger charge is 1.45. The van der Waals surface area contributed by atoms with Crippen LogP contribution in [0.15, 0.2) is 12.7 Å². The molecule has 0 radical (unpaired) electrons. The molecule has 0 N–H and O–H groups in total. The van der Waals surface area contributed by atoms with Crippen LogP contribution in [0.2, 0.25) is 0 Å². The number of hydrogen-bond acceptors (Lipinski definition) is 1. The second-order valence-corrected chi connectivity index (χ2v) is 0.836.